The van der Waals surface area contributed by atoms with Gasteiger partial charge in [0.05, 0.1) is 12.6 Å². The number of nitrogens with zero attached hydrogens (tertiary/aromatic N) is 3. The van der Waals surface area contributed by atoms with Crippen LogP contribution < -0.4 is 5.32 Å². The van der Waals surface area contributed by atoms with E-state index in [2.05, 4.69) is 10.3 Å². The second-order valence-electron chi connectivity index (χ2n) is 11.2. The lowest BCUT2D eigenvalue weighted by molar-refractivity contribution is -0.138. The van der Waals surface area contributed by atoms with Crippen LogP contribution in [0.5, 0.6) is 5.75 Å². The summed E-state index contributed by atoms with van der Waals surface area (Å²) in [6.45, 7) is -0.500. The van der Waals surface area contributed by atoms with Crippen molar-refractivity contribution in [3.63, 3.8) is 0 Å². The predicted molar refractivity (Wildman–Crippen MR) is 168 cm³/mol. The number of benzene rings is 3. The van der Waals surface area contributed by atoms with Crippen LogP contribution in [0.25, 0.3) is 11.1 Å². The SMILES string of the molecule is O=C(NC(Cc1ccc(O)cc1)C(=O)N1CCC2C1C(=O)CN2S(=O)(=O)C(=O)c1ccccn1)c1ccc(-c2ccccc2)cc1. The van der Waals surface area contributed by atoms with Crippen LogP contribution in [0, 0.1) is 0 Å². The van der Waals surface area contributed by atoms with E-state index in [9.17, 15) is 32.7 Å². The summed E-state index contributed by atoms with van der Waals surface area (Å²) < 4.78 is 27.5. The van der Waals surface area contributed by atoms with Gasteiger partial charge < -0.3 is 15.3 Å². The maximum absolute atomic E-state index is 14.1. The molecule has 2 amide bonds. The number of carbonyl (C=O) groups is 4. The summed E-state index contributed by atoms with van der Waals surface area (Å²) in [5.74, 6) is -1.54. The number of aromatic hydroxyl groups is 1. The van der Waals surface area contributed by atoms with Crippen molar-refractivity contribution in [2.45, 2.75) is 31.0 Å². The number of fused-ring (bicyclic) bond motifs is 1. The van der Waals surface area contributed by atoms with E-state index in [-0.39, 0.29) is 30.8 Å². The highest BCUT2D eigenvalue weighted by atomic mass is 32.2. The Morgan fingerprint density at radius 1 is 0.891 bits per heavy atom. The van der Waals surface area contributed by atoms with E-state index in [1.165, 1.54) is 35.4 Å². The third kappa shape index (κ3) is 6.04. The molecule has 0 radical (unpaired) electrons. The summed E-state index contributed by atoms with van der Waals surface area (Å²) in [7, 11) is -4.60. The fourth-order valence-corrected chi connectivity index (χ4v) is 7.49. The summed E-state index contributed by atoms with van der Waals surface area (Å²) in [5.41, 5.74) is 2.60. The number of hydrogen-bond acceptors (Lipinski definition) is 8. The molecule has 0 saturated carbocycles. The van der Waals surface area contributed by atoms with Gasteiger partial charge in [0.2, 0.25) is 5.91 Å². The molecular formula is C34H30N4O7S. The van der Waals surface area contributed by atoms with Gasteiger partial charge in [0, 0.05) is 24.7 Å². The number of aromatic nitrogens is 1. The normalized spacial score (nSPS) is 18.6. The Morgan fingerprint density at radius 2 is 1.57 bits per heavy atom. The monoisotopic (exact) mass is 638 g/mol. The van der Waals surface area contributed by atoms with E-state index in [4.69, 9.17) is 0 Å². The van der Waals surface area contributed by atoms with E-state index in [1.54, 1.807) is 30.3 Å². The molecule has 0 spiro atoms. The van der Waals surface area contributed by atoms with Gasteiger partial charge in [-0.05, 0) is 59.5 Å². The fourth-order valence-electron chi connectivity index (χ4n) is 6.02. The highest BCUT2D eigenvalue weighted by Gasteiger charge is 2.55. The smallest absolute Gasteiger partial charge is 0.310 e. The van der Waals surface area contributed by atoms with Crippen molar-refractivity contribution in [2.24, 2.45) is 0 Å². The molecule has 3 aromatic carbocycles. The highest BCUT2D eigenvalue weighted by molar-refractivity contribution is 8.04. The topological polar surface area (TPSA) is 154 Å². The summed E-state index contributed by atoms with van der Waals surface area (Å²) in [5, 5.41) is 11.3. The first-order valence-electron chi connectivity index (χ1n) is 14.7. The molecular weight excluding hydrogens is 608 g/mol. The molecule has 3 heterocycles. The van der Waals surface area contributed by atoms with Gasteiger partial charge >= 0.3 is 5.12 Å². The summed E-state index contributed by atoms with van der Waals surface area (Å²) in [6, 6.07) is 24.0. The number of phenolic OH excluding ortho intramolecular Hbond substituents is 1. The number of amides is 2. The van der Waals surface area contributed by atoms with Crippen molar-refractivity contribution < 1.29 is 32.7 Å². The second kappa shape index (κ2) is 12.7. The number of sulfonamides is 1. The van der Waals surface area contributed by atoms with Gasteiger partial charge in [-0.2, -0.15) is 4.31 Å². The van der Waals surface area contributed by atoms with E-state index >= 15 is 0 Å². The van der Waals surface area contributed by atoms with Gasteiger partial charge in [-0.3, -0.25) is 24.2 Å². The van der Waals surface area contributed by atoms with Gasteiger partial charge in [-0.25, -0.2) is 8.42 Å². The van der Waals surface area contributed by atoms with Crippen LogP contribution in [-0.2, 0) is 26.0 Å². The maximum Gasteiger partial charge on any atom is 0.310 e. The van der Waals surface area contributed by atoms with Gasteiger partial charge in [-0.1, -0.05) is 60.7 Å². The van der Waals surface area contributed by atoms with Crippen molar-refractivity contribution in [1.29, 1.82) is 0 Å². The fraction of sp³-hybridized carbons (Fsp3) is 0.206. The van der Waals surface area contributed by atoms with Gasteiger partial charge in [0.15, 0.2) is 5.78 Å². The van der Waals surface area contributed by atoms with Crippen molar-refractivity contribution in [1.82, 2.24) is 19.5 Å². The number of nitrogens with one attached hydrogen (secondary N) is 1. The number of Topliss-reactive ketones (excluding diaryl/α,β-unsaturated/α-hetero) is 1. The van der Waals surface area contributed by atoms with Crippen molar-refractivity contribution in [3.8, 4) is 16.9 Å². The predicted octanol–water partition coefficient (Wildman–Crippen LogP) is 2.82. The van der Waals surface area contributed by atoms with Gasteiger partial charge in [0.1, 0.15) is 23.5 Å². The van der Waals surface area contributed by atoms with E-state index in [0.717, 1.165) is 15.4 Å². The molecule has 2 aliphatic rings. The summed E-state index contributed by atoms with van der Waals surface area (Å²) in [6.07, 6.45) is 1.49. The minimum absolute atomic E-state index is 0.0367. The van der Waals surface area contributed by atoms with Crippen LogP contribution in [0.15, 0.2) is 103 Å². The third-order valence-corrected chi connectivity index (χ3v) is 10.0. The van der Waals surface area contributed by atoms with Gasteiger partial charge in [0.25, 0.3) is 15.9 Å². The lowest BCUT2D eigenvalue weighted by atomic mass is 10.0. The summed E-state index contributed by atoms with van der Waals surface area (Å²) >= 11 is 0. The second-order valence-corrected chi connectivity index (χ2v) is 13.0. The zero-order chi connectivity index (χ0) is 32.4. The molecule has 2 fully saturated rings. The molecule has 6 rings (SSSR count). The maximum atomic E-state index is 14.1. The standard InChI is InChI=1S/C34H30N4O7S/c39-26-15-9-22(10-16-26)20-28(36-32(41)25-13-11-24(12-14-25)23-6-2-1-3-7-23)33(42)37-19-17-29-31(37)30(40)21-38(29)46(44,45)34(43)27-8-4-5-18-35-27/h1-16,18,28-29,31,39H,17,19-21H2,(H,36,41). The average Bonchev–Trinajstić information content (AvgIpc) is 3.67. The Morgan fingerprint density at radius 3 is 2.24 bits per heavy atom. The number of phenols is 1. The molecule has 234 valence electrons. The zero-order valence-electron chi connectivity index (χ0n) is 24.5. The lowest BCUT2D eigenvalue weighted by Gasteiger charge is -2.28. The molecule has 11 nitrogen and oxygen atoms in total. The molecule has 46 heavy (non-hydrogen) atoms. The molecule has 4 aromatic rings. The lowest BCUT2D eigenvalue weighted by Crippen LogP contribution is -2.53. The first-order chi connectivity index (χ1) is 22.1. The van der Waals surface area contributed by atoms with Crippen LogP contribution in [0.4, 0.5) is 0 Å². The molecule has 0 bridgehead atoms. The largest absolute Gasteiger partial charge is 0.508 e. The molecule has 3 atom stereocenters. The first-order valence-corrected chi connectivity index (χ1v) is 16.1. The molecule has 2 aliphatic heterocycles. The number of pyridine rings is 1. The molecule has 3 unspecified atom stereocenters. The molecule has 1 aromatic heterocycles. The first kappa shape index (κ1) is 30.8. The van der Waals surface area contributed by atoms with Crippen LogP contribution in [0.3, 0.4) is 0 Å². The highest BCUT2D eigenvalue weighted by Crippen LogP contribution is 2.33. The Bertz CT molecular complexity index is 1880. The Balaban J connectivity index is 1.23. The molecule has 2 saturated heterocycles. The van der Waals surface area contributed by atoms with Crippen LogP contribution in [-0.4, -0.2) is 81.6 Å². The molecule has 12 heteroatoms. The summed E-state index contributed by atoms with van der Waals surface area (Å²) in [4.78, 5) is 58.8. The molecule has 0 aliphatic carbocycles. The third-order valence-electron chi connectivity index (χ3n) is 8.31. The number of ketones is 1. The van der Waals surface area contributed by atoms with Crippen molar-refractivity contribution >= 4 is 32.7 Å². The number of rotatable bonds is 8. The van der Waals surface area contributed by atoms with Crippen molar-refractivity contribution in [3.05, 3.63) is 120 Å². The minimum Gasteiger partial charge on any atom is -0.508 e. The van der Waals surface area contributed by atoms with Crippen LogP contribution in [0.2, 0.25) is 0 Å². The Kier molecular flexibility index (Phi) is 8.48. The van der Waals surface area contributed by atoms with Crippen molar-refractivity contribution in [2.75, 3.05) is 13.1 Å². The Labute approximate surface area is 265 Å². The van der Waals surface area contributed by atoms with Gasteiger partial charge in [-0.15, -0.1) is 0 Å². The zero-order valence-corrected chi connectivity index (χ0v) is 25.3. The number of carbonyl (C=O) groups excluding carboxylic acids is 4. The Hall–Kier alpha value is -5.20. The van der Waals surface area contributed by atoms with Crippen LogP contribution >= 0.6 is 0 Å². The van der Waals surface area contributed by atoms with E-state index in [0.29, 0.717) is 11.1 Å². The average molecular weight is 639 g/mol. The quantitative estimate of drug-likeness (QED) is 0.299. The van der Waals surface area contributed by atoms with E-state index < -0.39 is 57.4 Å². The van der Waals surface area contributed by atoms with Crippen LogP contribution in [0.1, 0.15) is 32.8 Å². The number of hydrogen-bond donors (Lipinski definition) is 2. The minimum atomic E-state index is -4.60. The van der Waals surface area contributed by atoms with E-state index in [1.807, 2.05) is 42.5 Å². The number of likely N-dealkylation sites (tertiary alicyclic amines) is 1. The molecule has 2 N–H and O–H groups in total.